The largest absolute Gasteiger partial charge is 0.378 e. The summed E-state index contributed by atoms with van der Waals surface area (Å²) >= 11 is 0. The molecule has 196 valence electrons. The van der Waals surface area contributed by atoms with Crippen LogP contribution in [0.25, 0.3) is 6.08 Å². The first-order valence-electron chi connectivity index (χ1n) is 13.4. The van der Waals surface area contributed by atoms with Gasteiger partial charge in [-0.1, -0.05) is 26.5 Å². The Balaban J connectivity index is 0.00000336. The lowest BCUT2D eigenvalue weighted by molar-refractivity contribution is -0.136. The topological polar surface area (TPSA) is 94.4 Å². The van der Waals surface area contributed by atoms with Crippen LogP contribution in [0.1, 0.15) is 70.1 Å². The van der Waals surface area contributed by atoms with Gasteiger partial charge in [0.05, 0.1) is 35.5 Å². The number of nitriles is 1. The summed E-state index contributed by atoms with van der Waals surface area (Å²) in [6.45, 7) is 10.8. The number of pyridine rings is 2. The number of carbonyl (C=O) groups is 1. The fourth-order valence-corrected chi connectivity index (χ4v) is 5.47. The number of ether oxygens (including phenoxy) is 1. The number of hydrogen-bond donors (Lipinski definition) is 1. The monoisotopic (exact) mass is 502 g/mol. The average Bonchev–Trinajstić information content (AvgIpc) is 3.64. The minimum Gasteiger partial charge on any atom is -0.378 e. The zero-order chi connectivity index (χ0) is 25.9. The van der Waals surface area contributed by atoms with Gasteiger partial charge in [-0.25, -0.2) is 9.97 Å². The van der Waals surface area contributed by atoms with Crippen LogP contribution >= 0.6 is 0 Å². The number of amides is 1. The Bertz CT molecular complexity index is 1200. The van der Waals surface area contributed by atoms with E-state index < -0.39 is 0 Å². The number of rotatable bonds is 8. The fraction of sp³-hybridized carbons (Fsp3) is 0.517. The molecule has 8 heteroatoms. The molecule has 0 radical (unpaired) electrons. The van der Waals surface area contributed by atoms with E-state index in [-0.39, 0.29) is 25.4 Å². The van der Waals surface area contributed by atoms with E-state index in [0.717, 1.165) is 49.2 Å². The molecule has 0 bridgehead atoms. The summed E-state index contributed by atoms with van der Waals surface area (Å²) in [6.07, 6.45) is 8.37. The van der Waals surface area contributed by atoms with Crippen LogP contribution in [0, 0.1) is 17.2 Å². The molecule has 1 amide bonds. The second kappa shape index (κ2) is 10.9. The van der Waals surface area contributed by atoms with Gasteiger partial charge < -0.3 is 19.9 Å². The van der Waals surface area contributed by atoms with Crippen LogP contribution in [0.3, 0.4) is 0 Å². The van der Waals surface area contributed by atoms with E-state index in [0.29, 0.717) is 49.2 Å². The minimum atomic E-state index is 0. The molecule has 1 unspecified atom stereocenters. The van der Waals surface area contributed by atoms with Crippen LogP contribution < -0.4 is 10.2 Å². The molecule has 0 spiro atoms. The summed E-state index contributed by atoms with van der Waals surface area (Å²) in [5.74, 6) is 2.26. The molecule has 2 aliphatic heterocycles. The molecular formula is C29H38N6O2. The van der Waals surface area contributed by atoms with E-state index in [1.807, 2.05) is 18.2 Å². The Morgan fingerprint density at radius 2 is 2.19 bits per heavy atom. The molecule has 4 heterocycles. The number of aromatic nitrogens is 2. The first kappa shape index (κ1) is 25.2. The van der Waals surface area contributed by atoms with Crippen molar-refractivity contribution in [1.82, 2.24) is 14.9 Å². The number of anilines is 3. The smallest absolute Gasteiger partial charge is 0.225 e. The summed E-state index contributed by atoms with van der Waals surface area (Å²) in [5.41, 5.74) is 3.17. The van der Waals surface area contributed by atoms with Crippen LogP contribution in [-0.4, -0.2) is 59.2 Å². The highest BCUT2D eigenvalue weighted by molar-refractivity contribution is 5.78. The second-order valence-electron chi connectivity index (χ2n) is 10.6. The molecule has 2 aromatic rings. The van der Waals surface area contributed by atoms with E-state index in [2.05, 4.69) is 46.6 Å². The van der Waals surface area contributed by atoms with E-state index >= 15 is 0 Å². The molecule has 5 rings (SSSR count). The Kier molecular flexibility index (Phi) is 7.43. The Labute approximate surface area is 220 Å². The number of carbonyl (C=O) groups excluding carboxylic acids is 1. The number of hydrogen-bond acceptors (Lipinski definition) is 7. The second-order valence-corrected chi connectivity index (χ2v) is 10.6. The highest BCUT2D eigenvalue weighted by Gasteiger charge is 2.42. The van der Waals surface area contributed by atoms with Gasteiger partial charge in [-0.3, -0.25) is 4.79 Å². The number of piperazine rings is 1. The third-order valence-electron chi connectivity index (χ3n) is 7.61. The van der Waals surface area contributed by atoms with Crippen molar-refractivity contribution >= 4 is 29.3 Å². The maximum Gasteiger partial charge on any atom is 0.225 e. The molecule has 2 saturated heterocycles. The van der Waals surface area contributed by atoms with Crippen molar-refractivity contribution in [2.24, 2.45) is 5.92 Å². The maximum atomic E-state index is 13.2. The van der Waals surface area contributed by atoms with Crippen molar-refractivity contribution in [3.05, 3.63) is 47.8 Å². The molecule has 0 aromatic carbocycles. The lowest BCUT2D eigenvalue weighted by atomic mass is 10.0. The van der Waals surface area contributed by atoms with Crippen LogP contribution in [0.2, 0.25) is 0 Å². The molecule has 3 aliphatic rings. The molecule has 1 N–H and O–H groups in total. The maximum absolute atomic E-state index is 13.2. The van der Waals surface area contributed by atoms with Gasteiger partial charge in [0.15, 0.2) is 0 Å². The predicted molar refractivity (Wildman–Crippen MR) is 147 cm³/mol. The summed E-state index contributed by atoms with van der Waals surface area (Å²) in [4.78, 5) is 27.0. The van der Waals surface area contributed by atoms with Gasteiger partial charge in [0.1, 0.15) is 17.7 Å². The lowest BCUT2D eigenvalue weighted by Gasteiger charge is -2.43. The van der Waals surface area contributed by atoms with Crippen molar-refractivity contribution in [2.75, 3.05) is 36.5 Å². The quantitative estimate of drug-likeness (QED) is 0.537. The van der Waals surface area contributed by atoms with Gasteiger partial charge >= 0.3 is 0 Å². The van der Waals surface area contributed by atoms with Gasteiger partial charge in [-0.05, 0) is 61.3 Å². The molecule has 1 aliphatic carbocycles. The van der Waals surface area contributed by atoms with E-state index in [9.17, 15) is 10.1 Å². The molecular weight excluding hydrogens is 464 g/mol. The van der Waals surface area contributed by atoms with Gasteiger partial charge in [0, 0.05) is 33.9 Å². The van der Waals surface area contributed by atoms with E-state index in [4.69, 9.17) is 9.72 Å². The van der Waals surface area contributed by atoms with E-state index in [1.54, 1.807) is 12.3 Å². The van der Waals surface area contributed by atoms with Crippen LogP contribution in [0.15, 0.2) is 31.0 Å². The summed E-state index contributed by atoms with van der Waals surface area (Å²) in [7, 11) is 0. The Morgan fingerprint density at radius 1 is 1.35 bits per heavy atom. The molecule has 1 saturated carbocycles. The van der Waals surface area contributed by atoms with Crippen molar-refractivity contribution in [2.45, 2.75) is 64.0 Å². The van der Waals surface area contributed by atoms with Crippen LogP contribution in [-0.2, 0) is 9.53 Å². The Hall–Kier alpha value is -3.44. The van der Waals surface area contributed by atoms with Crippen molar-refractivity contribution in [1.29, 1.82) is 5.26 Å². The first-order valence-corrected chi connectivity index (χ1v) is 13.4. The van der Waals surface area contributed by atoms with Crippen LogP contribution in [0.5, 0.6) is 0 Å². The zero-order valence-corrected chi connectivity index (χ0v) is 21.8. The fourth-order valence-electron chi connectivity index (χ4n) is 5.47. The normalized spacial score (nSPS) is 21.7. The summed E-state index contributed by atoms with van der Waals surface area (Å²) in [6, 6.07) is 8.23. The van der Waals surface area contributed by atoms with Crippen molar-refractivity contribution < 1.29 is 11.0 Å². The highest BCUT2D eigenvalue weighted by Crippen LogP contribution is 2.39. The summed E-state index contributed by atoms with van der Waals surface area (Å²) in [5, 5.41) is 13.5. The lowest BCUT2D eigenvalue weighted by Crippen LogP contribution is -2.57. The van der Waals surface area contributed by atoms with Gasteiger partial charge in [-0.15, -0.1) is 0 Å². The highest BCUT2D eigenvalue weighted by atomic mass is 16.5. The van der Waals surface area contributed by atoms with Gasteiger partial charge in [0.25, 0.3) is 0 Å². The molecule has 2 aromatic heterocycles. The predicted octanol–water partition coefficient (Wildman–Crippen LogP) is 5.10. The SMILES string of the molecule is C=Cc1ccnc(Nc2cc(C#N)c(N3CCN(C(=O)CC4CCCO4)[C@H](C4CC4)C3)nc2C(C)C)c1.[HH]. The third-order valence-corrected chi connectivity index (χ3v) is 7.61. The molecule has 2 atom stereocenters. The number of nitrogens with one attached hydrogen (secondary N) is 1. The average molecular weight is 503 g/mol. The minimum absolute atomic E-state index is 0. The third kappa shape index (κ3) is 5.62. The van der Waals surface area contributed by atoms with Crippen LogP contribution in [0.4, 0.5) is 17.3 Å². The van der Waals surface area contributed by atoms with Gasteiger partial charge in [0.2, 0.25) is 5.91 Å². The Morgan fingerprint density at radius 3 is 2.86 bits per heavy atom. The summed E-state index contributed by atoms with van der Waals surface area (Å²) < 4.78 is 5.73. The molecule has 8 nitrogen and oxygen atoms in total. The number of nitrogens with zero attached hydrogens (tertiary/aromatic N) is 5. The first-order chi connectivity index (χ1) is 18.0. The molecule has 3 fully saturated rings. The van der Waals surface area contributed by atoms with Crippen molar-refractivity contribution in [3.8, 4) is 6.07 Å². The standard InChI is InChI=1S/C29H36N6O2.H2/c1-4-20-9-10-31-26(14-20)32-24-15-22(17-30)29(33-28(24)19(2)3)34-11-12-35(25(18-34)21-7-8-21)27(36)16-23-6-5-13-37-23;/h4,9-10,14-15,19,21,23,25H,1,5-8,11-13,16,18H2,2-3H3,(H,31,32);1H/t23?,25-;/m0./s1. The van der Waals surface area contributed by atoms with Crippen molar-refractivity contribution in [3.63, 3.8) is 0 Å². The molecule has 37 heavy (non-hydrogen) atoms. The zero-order valence-electron chi connectivity index (χ0n) is 21.8. The van der Waals surface area contributed by atoms with Gasteiger partial charge in [-0.2, -0.15) is 5.26 Å². The van der Waals surface area contributed by atoms with E-state index in [1.165, 1.54) is 0 Å².